The molecule has 0 radical (unpaired) electrons. The highest BCUT2D eigenvalue weighted by Crippen LogP contribution is 2.29. The first-order valence-corrected chi connectivity index (χ1v) is 14.4. The molecule has 2 aliphatic carbocycles. The summed E-state index contributed by atoms with van der Waals surface area (Å²) in [5, 5.41) is 11.4. The third-order valence-electron chi connectivity index (χ3n) is 8.31. The molecule has 3 aliphatic rings. The van der Waals surface area contributed by atoms with Gasteiger partial charge >= 0.3 is 0 Å². The fourth-order valence-corrected chi connectivity index (χ4v) is 6.20. The van der Waals surface area contributed by atoms with Gasteiger partial charge < -0.3 is 16.0 Å². The SMILES string of the molecule is Cc1ccc2nc(C(=O)NC3CCCCCC3)nc(N[C@H]3CCCC[C@H]3N=C3NCc4ccccc43)c2c1. The number of rotatable bonds is 5. The monoisotopic (exact) mass is 510 g/mol. The number of hydrogen-bond donors (Lipinski definition) is 3. The highest BCUT2D eigenvalue weighted by atomic mass is 16.2. The van der Waals surface area contributed by atoms with Crippen molar-refractivity contribution in [2.45, 2.75) is 95.8 Å². The normalized spacial score (nSPS) is 23.0. The smallest absolute Gasteiger partial charge is 0.289 e. The van der Waals surface area contributed by atoms with E-state index in [9.17, 15) is 4.79 Å². The summed E-state index contributed by atoms with van der Waals surface area (Å²) >= 11 is 0. The molecule has 7 nitrogen and oxygen atoms in total. The van der Waals surface area contributed by atoms with Crippen LogP contribution in [-0.2, 0) is 6.54 Å². The molecule has 0 saturated heterocycles. The van der Waals surface area contributed by atoms with Crippen LogP contribution in [-0.4, -0.2) is 39.8 Å². The maximum atomic E-state index is 13.3. The van der Waals surface area contributed by atoms with Gasteiger partial charge in [0.2, 0.25) is 5.82 Å². The number of nitrogens with one attached hydrogen (secondary N) is 3. The lowest BCUT2D eigenvalue weighted by Gasteiger charge is -2.31. The van der Waals surface area contributed by atoms with Gasteiger partial charge in [0.1, 0.15) is 11.7 Å². The van der Waals surface area contributed by atoms with Gasteiger partial charge in [0.05, 0.1) is 11.6 Å². The highest BCUT2D eigenvalue weighted by Gasteiger charge is 2.28. The van der Waals surface area contributed by atoms with E-state index in [4.69, 9.17) is 9.98 Å². The van der Waals surface area contributed by atoms with Gasteiger partial charge in [0, 0.05) is 29.6 Å². The van der Waals surface area contributed by atoms with Crippen LogP contribution in [0.2, 0.25) is 0 Å². The number of amides is 1. The third kappa shape index (κ3) is 5.38. The Morgan fingerprint density at radius 3 is 2.61 bits per heavy atom. The lowest BCUT2D eigenvalue weighted by Crippen LogP contribution is -2.38. The first-order valence-electron chi connectivity index (χ1n) is 14.4. The van der Waals surface area contributed by atoms with Gasteiger partial charge in [-0.25, -0.2) is 9.97 Å². The van der Waals surface area contributed by atoms with Crippen LogP contribution in [0.5, 0.6) is 0 Å². The second kappa shape index (κ2) is 11.1. The summed E-state index contributed by atoms with van der Waals surface area (Å²) in [7, 11) is 0. The van der Waals surface area contributed by atoms with Gasteiger partial charge in [0.15, 0.2) is 0 Å². The molecule has 2 saturated carbocycles. The van der Waals surface area contributed by atoms with E-state index in [0.717, 1.165) is 66.8 Å². The minimum absolute atomic E-state index is 0.135. The van der Waals surface area contributed by atoms with Gasteiger partial charge in [-0.05, 0) is 50.3 Å². The number of hydrogen-bond acceptors (Lipinski definition) is 5. The van der Waals surface area contributed by atoms with E-state index in [2.05, 4.69) is 58.2 Å². The number of carbonyl (C=O) groups is 1. The summed E-state index contributed by atoms with van der Waals surface area (Å²) in [6, 6.07) is 15.1. The van der Waals surface area contributed by atoms with E-state index >= 15 is 0 Å². The van der Waals surface area contributed by atoms with Crippen molar-refractivity contribution < 1.29 is 4.79 Å². The van der Waals surface area contributed by atoms with E-state index in [1.54, 1.807) is 0 Å². The molecule has 1 amide bonds. The van der Waals surface area contributed by atoms with Crippen LogP contribution in [0.15, 0.2) is 47.5 Å². The number of amidine groups is 1. The van der Waals surface area contributed by atoms with Crippen LogP contribution >= 0.6 is 0 Å². The zero-order valence-electron chi connectivity index (χ0n) is 22.3. The minimum Gasteiger partial charge on any atom is -0.366 e. The summed E-state index contributed by atoms with van der Waals surface area (Å²) in [5.74, 6) is 1.81. The van der Waals surface area contributed by atoms with Crippen LogP contribution in [0.4, 0.5) is 5.82 Å². The van der Waals surface area contributed by atoms with E-state index < -0.39 is 0 Å². The number of aryl methyl sites for hydroxylation is 1. The Morgan fingerprint density at radius 2 is 1.74 bits per heavy atom. The molecule has 3 aromatic rings. The summed E-state index contributed by atoms with van der Waals surface area (Å²) < 4.78 is 0. The van der Waals surface area contributed by atoms with E-state index in [1.807, 2.05) is 12.1 Å². The Hall–Kier alpha value is -3.48. The quantitative estimate of drug-likeness (QED) is 0.385. The second-order valence-electron chi connectivity index (χ2n) is 11.2. The number of aromatic nitrogens is 2. The topological polar surface area (TPSA) is 91.3 Å². The fraction of sp³-hybridized carbons (Fsp3) is 0.484. The maximum Gasteiger partial charge on any atom is 0.289 e. The van der Waals surface area contributed by atoms with Crippen molar-refractivity contribution in [3.8, 4) is 0 Å². The second-order valence-corrected chi connectivity index (χ2v) is 11.2. The molecule has 2 heterocycles. The van der Waals surface area contributed by atoms with Gasteiger partial charge in [-0.15, -0.1) is 0 Å². The number of nitrogens with zero attached hydrogens (tertiary/aromatic N) is 3. The first kappa shape index (κ1) is 24.8. The number of fused-ring (bicyclic) bond motifs is 2. The predicted octanol–water partition coefficient (Wildman–Crippen LogP) is 5.66. The Morgan fingerprint density at radius 1 is 0.947 bits per heavy atom. The van der Waals surface area contributed by atoms with Crippen molar-refractivity contribution in [3.05, 3.63) is 65.0 Å². The number of anilines is 1. The van der Waals surface area contributed by atoms with Crippen LogP contribution in [0, 0.1) is 6.92 Å². The zero-order valence-corrected chi connectivity index (χ0v) is 22.3. The molecule has 2 fully saturated rings. The number of aliphatic imine (C=N–C) groups is 1. The summed E-state index contributed by atoms with van der Waals surface area (Å²) in [4.78, 5) is 28.0. The van der Waals surface area contributed by atoms with Crippen molar-refractivity contribution >= 4 is 28.5 Å². The fourth-order valence-electron chi connectivity index (χ4n) is 6.20. The van der Waals surface area contributed by atoms with E-state index in [-0.39, 0.29) is 29.9 Å². The molecule has 1 aliphatic heterocycles. The van der Waals surface area contributed by atoms with Gasteiger partial charge in [-0.3, -0.25) is 9.79 Å². The molecule has 6 rings (SSSR count). The summed E-state index contributed by atoms with van der Waals surface area (Å²) in [6.07, 6.45) is 11.3. The predicted molar refractivity (Wildman–Crippen MR) is 153 cm³/mol. The standard InChI is InChI=1S/C31H38N6O/c1-20-16-17-25-24(18-20)29(37-30(34-25)31(38)33-22-11-4-2-3-5-12-22)36-27-15-9-8-14-26(27)35-28-23-13-7-6-10-21(23)19-32-28/h6-7,10,13,16-18,22,26-27H,2-5,8-9,11-12,14-15,19H2,1H3,(H,32,35)(H,33,38)(H,34,36,37)/t26-,27+/m1/s1. The average Bonchev–Trinajstić information content (AvgIpc) is 3.15. The first-order chi connectivity index (χ1) is 18.6. The summed E-state index contributed by atoms with van der Waals surface area (Å²) in [6.45, 7) is 2.91. The van der Waals surface area contributed by atoms with E-state index in [0.29, 0.717) is 0 Å². The molecule has 7 heteroatoms. The Bertz CT molecular complexity index is 1340. The maximum absolute atomic E-state index is 13.3. The van der Waals surface area contributed by atoms with Crippen molar-refractivity contribution in [1.82, 2.24) is 20.6 Å². The van der Waals surface area contributed by atoms with Gasteiger partial charge in [-0.1, -0.05) is 74.4 Å². The van der Waals surface area contributed by atoms with Crippen molar-refractivity contribution in [1.29, 1.82) is 0 Å². The Balaban J connectivity index is 1.29. The molecular formula is C31H38N6O. The minimum atomic E-state index is -0.172. The number of benzene rings is 2. The van der Waals surface area contributed by atoms with Gasteiger partial charge in [0.25, 0.3) is 5.91 Å². The third-order valence-corrected chi connectivity index (χ3v) is 8.31. The Kier molecular flexibility index (Phi) is 7.25. The van der Waals surface area contributed by atoms with Crippen molar-refractivity contribution in [3.63, 3.8) is 0 Å². The highest BCUT2D eigenvalue weighted by molar-refractivity contribution is 6.02. The largest absolute Gasteiger partial charge is 0.366 e. The molecule has 0 bridgehead atoms. The Labute approximate surface area is 225 Å². The summed E-state index contributed by atoms with van der Waals surface area (Å²) in [5.41, 5.74) is 4.45. The lowest BCUT2D eigenvalue weighted by atomic mass is 9.90. The molecule has 2 aromatic carbocycles. The van der Waals surface area contributed by atoms with Crippen molar-refractivity contribution in [2.75, 3.05) is 5.32 Å². The molecule has 1 aromatic heterocycles. The van der Waals surface area contributed by atoms with E-state index in [1.165, 1.54) is 43.2 Å². The number of carbonyl (C=O) groups excluding carboxylic acids is 1. The molecule has 198 valence electrons. The van der Waals surface area contributed by atoms with Crippen LogP contribution in [0.25, 0.3) is 10.9 Å². The van der Waals surface area contributed by atoms with Crippen molar-refractivity contribution in [2.24, 2.45) is 4.99 Å². The average molecular weight is 511 g/mol. The van der Waals surface area contributed by atoms with Crippen LogP contribution in [0.1, 0.15) is 91.5 Å². The molecule has 0 spiro atoms. The van der Waals surface area contributed by atoms with Gasteiger partial charge in [-0.2, -0.15) is 0 Å². The zero-order chi connectivity index (χ0) is 25.9. The molecule has 3 N–H and O–H groups in total. The molecular weight excluding hydrogens is 472 g/mol. The lowest BCUT2D eigenvalue weighted by molar-refractivity contribution is 0.0923. The molecule has 2 atom stereocenters. The molecule has 0 unspecified atom stereocenters. The molecule has 38 heavy (non-hydrogen) atoms. The van der Waals surface area contributed by atoms with Crippen LogP contribution < -0.4 is 16.0 Å². The van der Waals surface area contributed by atoms with Crippen LogP contribution in [0.3, 0.4) is 0 Å².